The predicted molar refractivity (Wildman–Crippen MR) is 81.0 cm³/mol. The van der Waals surface area contributed by atoms with Crippen molar-refractivity contribution in [3.8, 4) is 0 Å². The third kappa shape index (κ3) is 1.60. The van der Waals surface area contributed by atoms with Crippen molar-refractivity contribution in [3.63, 3.8) is 0 Å². The highest BCUT2D eigenvalue weighted by atomic mass is 16.7. The van der Waals surface area contributed by atoms with E-state index in [1.165, 1.54) is 12.8 Å². The molecule has 1 heterocycles. The van der Waals surface area contributed by atoms with E-state index in [4.69, 9.17) is 9.31 Å². The minimum atomic E-state index is -0.209. The number of hydrogen-bond acceptors (Lipinski definition) is 2. The molecule has 0 spiro atoms. The van der Waals surface area contributed by atoms with E-state index in [0.717, 1.165) is 5.92 Å². The molecule has 106 valence electrons. The lowest BCUT2D eigenvalue weighted by Crippen LogP contribution is -2.41. The summed E-state index contributed by atoms with van der Waals surface area (Å²) in [6.45, 7) is 8.59. The normalized spacial score (nSPS) is 36.4. The second-order valence-corrected chi connectivity index (χ2v) is 7.69. The fourth-order valence-electron chi connectivity index (χ4n) is 4.27. The van der Waals surface area contributed by atoms with E-state index in [2.05, 4.69) is 52.0 Å². The molecule has 0 N–H and O–H groups in total. The summed E-state index contributed by atoms with van der Waals surface area (Å²) in [4.78, 5) is 0. The molecule has 0 unspecified atom stereocenters. The molecule has 0 aromatic heterocycles. The van der Waals surface area contributed by atoms with Gasteiger partial charge >= 0.3 is 7.12 Å². The minimum Gasteiger partial charge on any atom is -0.403 e. The molecule has 1 saturated carbocycles. The predicted octanol–water partition coefficient (Wildman–Crippen LogP) is 4.12. The van der Waals surface area contributed by atoms with Crippen LogP contribution in [0.5, 0.6) is 0 Å². The Morgan fingerprint density at radius 2 is 1.55 bits per heavy atom. The molecule has 2 fully saturated rings. The van der Waals surface area contributed by atoms with Gasteiger partial charge in [0, 0.05) is 5.82 Å². The van der Waals surface area contributed by atoms with Crippen molar-refractivity contribution < 1.29 is 9.31 Å². The highest BCUT2D eigenvalue weighted by Crippen LogP contribution is 2.61. The molecule has 20 heavy (non-hydrogen) atoms. The smallest absolute Gasteiger partial charge is 0.403 e. The highest BCUT2D eigenvalue weighted by molar-refractivity contribution is 6.48. The minimum absolute atomic E-state index is 0.0386. The van der Waals surface area contributed by atoms with Crippen molar-refractivity contribution >= 4 is 7.12 Å². The van der Waals surface area contributed by atoms with Crippen LogP contribution in [0.2, 0.25) is 5.82 Å². The van der Waals surface area contributed by atoms with Crippen LogP contribution >= 0.6 is 0 Å². The summed E-state index contributed by atoms with van der Waals surface area (Å²) >= 11 is 0. The van der Waals surface area contributed by atoms with Gasteiger partial charge in [-0.15, -0.1) is 0 Å². The maximum Gasteiger partial charge on any atom is 0.461 e. The van der Waals surface area contributed by atoms with Crippen LogP contribution in [0.25, 0.3) is 0 Å². The molecule has 1 aromatic rings. The molecule has 4 rings (SSSR count). The van der Waals surface area contributed by atoms with Crippen molar-refractivity contribution in [1.29, 1.82) is 0 Å². The van der Waals surface area contributed by atoms with Crippen LogP contribution in [0.15, 0.2) is 24.3 Å². The zero-order valence-electron chi connectivity index (χ0n) is 12.8. The van der Waals surface area contributed by atoms with Crippen LogP contribution in [0.4, 0.5) is 0 Å². The van der Waals surface area contributed by atoms with Crippen LogP contribution < -0.4 is 0 Å². The van der Waals surface area contributed by atoms with E-state index in [1.807, 2.05) is 0 Å². The van der Waals surface area contributed by atoms with Gasteiger partial charge in [-0.05, 0) is 63.5 Å². The second kappa shape index (κ2) is 3.89. The van der Waals surface area contributed by atoms with Crippen LogP contribution in [0, 0.1) is 0 Å². The first-order valence-corrected chi connectivity index (χ1v) is 7.83. The number of fused-ring (bicyclic) bond motifs is 5. The number of benzene rings is 1. The van der Waals surface area contributed by atoms with E-state index in [0.29, 0.717) is 11.7 Å². The van der Waals surface area contributed by atoms with E-state index in [9.17, 15) is 0 Å². The van der Waals surface area contributed by atoms with Gasteiger partial charge in [-0.1, -0.05) is 24.3 Å². The van der Waals surface area contributed by atoms with E-state index >= 15 is 0 Å². The third-order valence-electron chi connectivity index (χ3n) is 6.07. The summed E-state index contributed by atoms with van der Waals surface area (Å²) in [6, 6.07) is 8.95. The van der Waals surface area contributed by atoms with Gasteiger partial charge in [0.1, 0.15) is 0 Å². The first-order chi connectivity index (χ1) is 9.39. The van der Waals surface area contributed by atoms with Gasteiger partial charge < -0.3 is 9.31 Å². The van der Waals surface area contributed by atoms with Gasteiger partial charge in [-0.25, -0.2) is 0 Å². The fraction of sp³-hybridized carbons (Fsp3) is 0.647. The zero-order chi connectivity index (χ0) is 14.1. The Balaban J connectivity index is 1.62. The van der Waals surface area contributed by atoms with Crippen molar-refractivity contribution in [2.24, 2.45) is 0 Å². The first kappa shape index (κ1) is 12.9. The molecule has 0 radical (unpaired) electrons. The van der Waals surface area contributed by atoms with Crippen molar-refractivity contribution in [1.82, 2.24) is 0 Å². The summed E-state index contributed by atoms with van der Waals surface area (Å²) in [7, 11) is -0.0386. The maximum absolute atomic E-state index is 6.29. The Labute approximate surface area is 122 Å². The van der Waals surface area contributed by atoms with Gasteiger partial charge in [0.2, 0.25) is 0 Å². The SMILES string of the molecule is CC1(C)OB([C@H]2C[C@H]3C[C@@H]2c2ccccc23)OC1(C)C. The molecule has 2 nitrogen and oxygen atoms in total. The van der Waals surface area contributed by atoms with Crippen LogP contribution in [0.3, 0.4) is 0 Å². The van der Waals surface area contributed by atoms with Crippen LogP contribution in [-0.4, -0.2) is 18.3 Å². The summed E-state index contributed by atoms with van der Waals surface area (Å²) in [5.41, 5.74) is 2.70. The average Bonchev–Trinajstić information content (AvgIpc) is 3.01. The van der Waals surface area contributed by atoms with Gasteiger partial charge in [-0.2, -0.15) is 0 Å². The lowest BCUT2D eigenvalue weighted by molar-refractivity contribution is 0.00578. The Morgan fingerprint density at radius 3 is 2.20 bits per heavy atom. The van der Waals surface area contributed by atoms with Gasteiger partial charge in [0.05, 0.1) is 11.2 Å². The quantitative estimate of drug-likeness (QED) is 0.714. The summed E-state index contributed by atoms with van der Waals surface area (Å²) in [5, 5.41) is 0. The standard InChI is InChI=1S/C17H23BO2/c1-16(2)17(3,4)20-18(19-16)15-10-11-9-14(15)13-8-6-5-7-12(11)13/h5-8,11,14-15H,9-10H2,1-4H3/t11-,14-,15+/m1/s1. The molecule has 1 saturated heterocycles. The Hall–Kier alpha value is -0.795. The van der Waals surface area contributed by atoms with Crippen molar-refractivity contribution in [2.75, 3.05) is 0 Å². The van der Waals surface area contributed by atoms with E-state index in [1.54, 1.807) is 11.1 Å². The van der Waals surface area contributed by atoms with Crippen LogP contribution in [0.1, 0.15) is 63.5 Å². The Morgan fingerprint density at radius 1 is 0.950 bits per heavy atom. The first-order valence-electron chi connectivity index (χ1n) is 7.83. The molecule has 2 bridgehead atoms. The third-order valence-corrected chi connectivity index (χ3v) is 6.07. The molecular formula is C17H23BO2. The average molecular weight is 270 g/mol. The van der Waals surface area contributed by atoms with Gasteiger partial charge in [0.25, 0.3) is 0 Å². The molecule has 1 aliphatic heterocycles. The van der Waals surface area contributed by atoms with Crippen molar-refractivity contribution in [3.05, 3.63) is 35.4 Å². The lowest BCUT2D eigenvalue weighted by Gasteiger charge is -2.32. The molecular weight excluding hydrogens is 247 g/mol. The number of rotatable bonds is 1. The highest BCUT2D eigenvalue weighted by Gasteiger charge is 2.58. The fourth-order valence-corrected chi connectivity index (χ4v) is 4.27. The molecule has 3 heteroatoms. The second-order valence-electron chi connectivity index (χ2n) is 7.69. The molecule has 1 aromatic carbocycles. The lowest BCUT2D eigenvalue weighted by atomic mass is 9.62. The van der Waals surface area contributed by atoms with E-state index in [-0.39, 0.29) is 18.3 Å². The molecule has 3 atom stereocenters. The monoisotopic (exact) mass is 270 g/mol. The van der Waals surface area contributed by atoms with Crippen LogP contribution in [-0.2, 0) is 9.31 Å². The summed E-state index contributed by atoms with van der Waals surface area (Å²) in [5.74, 6) is 1.88. The van der Waals surface area contributed by atoms with Crippen molar-refractivity contribution in [2.45, 2.75) is 69.4 Å². The van der Waals surface area contributed by atoms with E-state index < -0.39 is 0 Å². The maximum atomic E-state index is 6.29. The summed E-state index contributed by atoms with van der Waals surface area (Å²) in [6.07, 6.45) is 2.51. The Bertz CT molecular complexity index is 536. The van der Waals surface area contributed by atoms with Gasteiger partial charge in [0.15, 0.2) is 0 Å². The zero-order valence-corrected chi connectivity index (χ0v) is 12.8. The largest absolute Gasteiger partial charge is 0.461 e. The topological polar surface area (TPSA) is 18.5 Å². The number of hydrogen-bond donors (Lipinski definition) is 0. The summed E-state index contributed by atoms with van der Waals surface area (Å²) < 4.78 is 12.6. The van der Waals surface area contributed by atoms with Gasteiger partial charge in [-0.3, -0.25) is 0 Å². The molecule has 2 aliphatic carbocycles. The Kier molecular flexibility index (Phi) is 2.51. The molecule has 3 aliphatic rings. The molecule has 0 amide bonds.